The van der Waals surface area contributed by atoms with Crippen molar-refractivity contribution in [3.63, 3.8) is 0 Å². The molecular weight excluding hydrogens is 962 g/mol. The number of benzene rings is 7. The second-order valence-electron chi connectivity index (χ2n) is 18.5. The molecule has 9 aromatic rings. The molecule has 0 aliphatic rings. The van der Waals surface area contributed by atoms with Crippen molar-refractivity contribution in [2.75, 3.05) is 0 Å². The number of imidazole rings is 1. The predicted molar refractivity (Wildman–Crippen MR) is 264 cm³/mol. The van der Waals surface area contributed by atoms with Crippen LogP contribution >= 0.6 is 0 Å². The van der Waals surface area contributed by atoms with Gasteiger partial charge >= 0.3 is 0 Å². The van der Waals surface area contributed by atoms with Gasteiger partial charge in [-0.25, -0.2) is 4.98 Å². The second kappa shape index (κ2) is 18.0. The normalized spacial score (nSPS) is 11.7. The third kappa shape index (κ3) is 8.65. The van der Waals surface area contributed by atoms with Crippen LogP contribution in [0.25, 0.3) is 83.9 Å². The van der Waals surface area contributed by atoms with E-state index in [1.807, 2.05) is 12.3 Å². The van der Waals surface area contributed by atoms with E-state index < -0.39 is 0 Å². The number of phenolic OH excluding ortho intramolecular Hbond substituents is 1. The van der Waals surface area contributed by atoms with Crippen molar-refractivity contribution >= 4 is 11.0 Å². The van der Waals surface area contributed by atoms with E-state index in [-0.39, 0.29) is 44.1 Å². The smallest absolute Gasteiger partial charge is 0.148 e. The monoisotopic (exact) mass is 1020 g/mol. The molecule has 0 aliphatic carbocycles. The Morgan fingerprint density at radius 2 is 1.25 bits per heavy atom. The summed E-state index contributed by atoms with van der Waals surface area (Å²) in [7, 11) is 0. The minimum absolute atomic E-state index is 0. The molecule has 2 aromatic heterocycles. The molecule has 0 bridgehead atoms. The van der Waals surface area contributed by atoms with E-state index in [2.05, 4.69) is 218 Å². The molecule has 322 valence electrons. The van der Waals surface area contributed by atoms with E-state index in [0.717, 1.165) is 78.0 Å². The number of nitrogens with zero attached hydrogens (tertiary/aromatic N) is 3. The van der Waals surface area contributed by atoms with Crippen molar-refractivity contribution in [2.45, 2.75) is 72.6 Å². The topological polar surface area (TPSA) is 50.9 Å². The Kier molecular flexibility index (Phi) is 12.5. The number of hydrogen-bond acceptors (Lipinski definition) is 3. The maximum atomic E-state index is 12.3. The zero-order chi connectivity index (χ0) is 44.0. The fourth-order valence-corrected chi connectivity index (χ4v) is 8.70. The summed E-state index contributed by atoms with van der Waals surface area (Å²) in [4.78, 5) is 10.5. The summed E-state index contributed by atoms with van der Waals surface area (Å²) in [5.41, 5.74) is 18.2. The van der Waals surface area contributed by atoms with Crippen molar-refractivity contribution in [3.8, 4) is 78.6 Å². The van der Waals surface area contributed by atoms with Crippen LogP contribution in [0.3, 0.4) is 0 Å². The van der Waals surface area contributed by atoms with Crippen LogP contribution in [0.2, 0.25) is 0 Å². The number of hydrogen-bond donors (Lipinski definition) is 1. The SMILES string of the molecule is Cc1ccc(-c2ccnc(-c3[c-]c(-c4cccc5c4nc(-c4cc(C(C)C)cc(C(C)C)c4O)n5-c4ccc(-c5ccccc5)c(C(C)(C)C)c4)cc(-c4ccccc4)c3)c2)cc1.[Pt]. The standard InChI is InChI=1S/C59H54N3O.Pt/c1-37(2)44-33-51(38(3)4)57(63)52(34-44)58-61-56-50(20-15-21-55(56)62(58)48-26-27-49(42-18-13-10-14-19-42)53(36-48)59(6,7)8)46-30-45(40-16-11-9-12-17-40)31-47(32-46)54-35-43(28-29-60-54)41-24-22-39(5)23-25-41;/h9-31,33-38,63H,1-8H3;/q-1;. The molecular formula is C59H54N3OPt-. The van der Waals surface area contributed by atoms with Gasteiger partial charge in [-0.15, -0.1) is 23.8 Å². The summed E-state index contributed by atoms with van der Waals surface area (Å²) in [6, 6.07) is 59.7. The molecule has 0 saturated heterocycles. The summed E-state index contributed by atoms with van der Waals surface area (Å²) >= 11 is 0. The molecule has 0 spiro atoms. The molecule has 7 aromatic carbocycles. The zero-order valence-corrected chi connectivity index (χ0v) is 40.1. The minimum atomic E-state index is -0.165. The average molecular weight is 1020 g/mol. The van der Waals surface area contributed by atoms with E-state index in [1.54, 1.807) is 0 Å². The molecule has 0 aliphatic heterocycles. The Morgan fingerprint density at radius 3 is 1.92 bits per heavy atom. The molecule has 64 heavy (non-hydrogen) atoms. The van der Waals surface area contributed by atoms with Gasteiger partial charge in [0.15, 0.2) is 0 Å². The predicted octanol–water partition coefficient (Wildman–Crippen LogP) is 15.8. The summed E-state index contributed by atoms with van der Waals surface area (Å²) in [6.45, 7) is 17.6. The van der Waals surface area contributed by atoms with Gasteiger partial charge in [0.05, 0.1) is 16.6 Å². The van der Waals surface area contributed by atoms with Gasteiger partial charge in [-0.05, 0) is 99.0 Å². The third-order valence-electron chi connectivity index (χ3n) is 12.2. The van der Waals surface area contributed by atoms with Gasteiger partial charge in [-0.2, -0.15) is 0 Å². The Bertz CT molecular complexity index is 3100. The number of aryl methyl sites for hydroxylation is 1. The van der Waals surface area contributed by atoms with Crippen LogP contribution in [-0.2, 0) is 26.5 Å². The van der Waals surface area contributed by atoms with Crippen LogP contribution in [0.5, 0.6) is 5.75 Å². The maximum Gasteiger partial charge on any atom is 0.148 e. The van der Waals surface area contributed by atoms with E-state index in [0.29, 0.717) is 5.82 Å². The summed E-state index contributed by atoms with van der Waals surface area (Å²) in [5.74, 6) is 1.32. The minimum Gasteiger partial charge on any atom is -0.507 e. The van der Waals surface area contributed by atoms with Gasteiger partial charge in [-0.1, -0.05) is 186 Å². The Balaban J connectivity index is 0.00000560. The number of rotatable bonds is 9. The average Bonchev–Trinajstić information content (AvgIpc) is 3.69. The molecule has 0 unspecified atom stereocenters. The van der Waals surface area contributed by atoms with Crippen LogP contribution in [0.1, 0.15) is 82.6 Å². The number of aromatic nitrogens is 3. The first kappa shape index (κ1) is 44.3. The van der Waals surface area contributed by atoms with Crippen molar-refractivity contribution < 1.29 is 26.2 Å². The largest absolute Gasteiger partial charge is 0.507 e. The Morgan fingerprint density at radius 1 is 0.578 bits per heavy atom. The molecule has 0 fully saturated rings. The molecule has 4 nitrogen and oxygen atoms in total. The fourth-order valence-electron chi connectivity index (χ4n) is 8.70. The van der Waals surface area contributed by atoms with Crippen molar-refractivity contribution in [2.24, 2.45) is 0 Å². The van der Waals surface area contributed by atoms with E-state index in [9.17, 15) is 5.11 Å². The van der Waals surface area contributed by atoms with E-state index in [4.69, 9.17) is 9.97 Å². The van der Waals surface area contributed by atoms with Gasteiger partial charge in [0.1, 0.15) is 11.6 Å². The molecule has 0 radical (unpaired) electrons. The molecule has 0 atom stereocenters. The quantitative estimate of drug-likeness (QED) is 0.147. The number of aromatic hydroxyl groups is 1. The van der Waals surface area contributed by atoms with E-state index >= 15 is 0 Å². The number of phenols is 1. The zero-order valence-electron chi connectivity index (χ0n) is 37.8. The first-order chi connectivity index (χ1) is 30.3. The second-order valence-corrected chi connectivity index (χ2v) is 18.5. The third-order valence-corrected chi connectivity index (χ3v) is 12.2. The van der Waals surface area contributed by atoms with Crippen LogP contribution in [0.15, 0.2) is 164 Å². The van der Waals surface area contributed by atoms with Gasteiger partial charge in [-0.3, -0.25) is 9.55 Å². The molecule has 0 saturated carbocycles. The molecule has 2 heterocycles. The summed E-state index contributed by atoms with van der Waals surface area (Å²) in [5, 5.41) is 12.3. The van der Waals surface area contributed by atoms with Crippen molar-refractivity contribution in [3.05, 3.63) is 192 Å². The number of pyridine rings is 1. The van der Waals surface area contributed by atoms with Crippen LogP contribution in [0.4, 0.5) is 0 Å². The number of para-hydroxylation sites is 1. The van der Waals surface area contributed by atoms with Gasteiger partial charge < -0.3 is 5.11 Å². The molecule has 5 heteroatoms. The van der Waals surface area contributed by atoms with Crippen LogP contribution < -0.4 is 0 Å². The van der Waals surface area contributed by atoms with Crippen LogP contribution in [-0.4, -0.2) is 19.6 Å². The molecule has 9 rings (SSSR count). The summed E-state index contributed by atoms with van der Waals surface area (Å²) in [6.07, 6.45) is 1.89. The molecule has 1 N–H and O–H groups in total. The Labute approximate surface area is 393 Å². The van der Waals surface area contributed by atoms with Gasteiger partial charge in [0.25, 0.3) is 0 Å². The van der Waals surface area contributed by atoms with Crippen LogP contribution in [0, 0.1) is 13.0 Å². The molecule has 0 amide bonds. The van der Waals surface area contributed by atoms with E-state index in [1.165, 1.54) is 22.3 Å². The van der Waals surface area contributed by atoms with Crippen molar-refractivity contribution in [1.29, 1.82) is 0 Å². The summed E-state index contributed by atoms with van der Waals surface area (Å²) < 4.78 is 2.25. The first-order valence-electron chi connectivity index (χ1n) is 22.1. The fraction of sp³-hybridized carbons (Fsp3) is 0.186. The first-order valence-corrected chi connectivity index (χ1v) is 22.1. The van der Waals surface area contributed by atoms with Gasteiger partial charge in [0, 0.05) is 38.6 Å². The van der Waals surface area contributed by atoms with Crippen molar-refractivity contribution in [1.82, 2.24) is 14.5 Å². The number of fused-ring (bicyclic) bond motifs is 1. The maximum absolute atomic E-state index is 12.3. The van der Waals surface area contributed by atoms with Gasteiger partial charge in [0.2, 0.25) is 0 Å². The Hall–Kier alpha value is -6.35.